The molecule has 2 amide bonds. The van der Waals surface area contributed by atoms with E-state index in [1.54, 1.807) is 23.1 Å². The summed E-state index contributed by atoms with van der Waals surface area (Å²) in [6.07, 6.45) is 0.677. The lowest BCUT2D eigenvalue weighted by Gasteiger charge is -2.39. The first-order valence-electron chi connectivity index (χ1n) is 12.1. The summed E-state index contributed by atoms with van der Waals surface area (Å²) < 4.78 is 14.4. The summed E-state index contributed by atoms with van der Waals surface area (Å²) >= 11 is 12.6. The quantitative estimate of drug-likeness (QED) is 0.370. The van der Waals surface area contributed by atoms with Gasteiger partial charge in [0.15, 0.2) is 0 Å². The smallest absolute Gasteiger partial charge is 0.262 e. The SMILES string of the molecule is CC.CC.CC1(C)CCN(C(=O)c2c(F)cccc2Cl)c2ccc(-c3cc(C(N)=O)ccc3Cl)cc21. The molecule has 1 aliphatic rings. The van der Waals surface area contributed by atoms with E-state index in [9.17, 15) is 14.0 Å². The summed E-state index contributed by atoms with van der Waals surface area (Å²) in [7, 11) is 0. The molecule has 0 spiro atoms. The van der Waals surface area contributed by atoms with Gasteiger partial charge in [-0.3, -0.25) is 9.59 Å². The predicted molar refractivity (Wildman–Crippen MR) is 149 cm³/mol. The number of nitrogens with zero attached hydrogens (tertiary/aromatic N) is 1. The highest BCUT2D eigenvalue weighted by Crippen LogP contribution is 2.43. The Balaban J connectivity index is 0.00000109. The van der Waals surface area contributed by atoms with Crippen molar-refractivity contribution in [1.82, 2.24) is 0 Å². The molecule has 1 heterocycles. The molecule has 0 aromatic heterocycles. The topological polar surface area (TPSA) is 63.4 Å². The van der Waals surface area contributed by atoms with E-state index in [1.807, 2.05) is 45.9 Å². The minimum atomic E-state index is -0.652. The number of anilines is 1. The lowest BCUT2D eigenvalue weighted by molar-refractivity contribution is 0.0976. The second kappa shape index (κ2) is 12.4. The van der Waals surface area contributed by atoms with Crippen LogP contribution in [0.2, 0.25) is 10.0 Å². The molecule has 0 fully saturated rings. The zero-order valence-corrected chi connectivity index (χ0v) is 23.1. The maximum absolute atomic E-state index is 14.4. The lowest BCUT2D eigenvalue weighted by Crippen LogP contribution is -2.41. The standard InChI is InChI=1S/C25H21Cl2FN2O2.2C2H6/c1-25(2)10-11-30(24(32)22-19(27)4-3-5-20(22)28)21-9-7-14(13-17(21)25)16-12-15(23(29)31)6-8-18(16)26;2*1-2/h3-9,12-13H,10-11H2,1-2H3,(H2,29,31);2*1-2H3. The molecule has 0 unspecified atom stereocenters. The number of carbonyl (C=O) groups excluding carboxylic acids is 2. The minimum absolute atomic E-state index is 0.0769. The monoisotopic (exact) mass is 530 g/mol. The average molecular weight is 531 g/mol. The largest absolute Gasteiger partial charge is 0.366 e. The summed E-state index contributed by atoms with van der Waals surface area (Å²) in [6, 6.07) is 14.7. The number of hydrogen-bond donors (Lipinski definition) is 1. The van der Waals surface area contributed by atoms with Gasteiger partial charge in [-0.15, -0.1) is 0 Å². The third-order valence-corrected chi connectivity index (χ3v) is 6.61. The van der Waals surface area contributed by atoms with Crippen molar-refractivity contribution in [3.8, 4) is 11.1 Å². The van der Waals surface area contributed by atoms with Gasteiger partial charge in [-0.25, -0.2) is 4.39 Å². The third-order valence-electron chi connectivity index (χ3n) is 5.96. The molecule has 0 saturated heterocycles. The molecule has 1 aliphatic heterocycles. The molecule has 192 valence electrons. The number of primary amides is 1. The van der Waals surface area contributed by atoms with Gasteiger partial charge in [0.05, 0.1) is 10.6 Å². The summed E-state index contributed by atoms with van der Waals surface area (Å²) in [5, 5.41) is 0.558. The number of hydrogen-bond acceptors (Lipinski definition) is 2. The average Bonchev–Trinajstić information content (AvgIpc) is 2.86. The van der Waals surface area contributed by atoms with Crippen LogP contribution in [0.3, 0.4) is 0 Å². The molecular formula is C29H33Cl2FN2O2. The zero-order chi connectivity index (χ0) is 27.2. The first-order chi connectivity index (χ1) is 17.1. The second-order valence-corrected chi connectivity index (χ2v) is 9.29. The number of fused-ring (bicyclic) bond motifs is 1. The highest BCUT2D eigenvalue weighted by molar-refractivity contribution is 6.34. The van der Waals surface area contributed by atoms with E-state index in [0.29, 0.717) is 34.8 Å². The molecule has 0 radical (unpaired) electrons. The Hall–Kier alpha value is -2.89. The van der Waals surface area contributed by atoms with Gasteiger partial charge in [-0.2, -0.15) is 0 Å². The number of amides is 2. The van der Waals surface area contributed by atoms with Gasteiger partial charge in [0.1, 0.15) is 5.82 Å². The van der Waals surface area contributed by atoms with E-state index in [2.05, 4.69) is 13.8 Å². The van der Waals surface area contributed by atoms with Crippen LogP contribution >= 0.6 is 23.2 Å². The third kappa shape index (κ3) is 5.91. The summed E-state index contributed by atoms with van der Waals surface area (Å²) in [5.41, 5.74) is 8.48. The van der Waals surface area contributed by atoms with Crippen molar-refractivity contribution in [2.24, 2.45) is 5.73 Å². The van der Waals surface area contributed by atoms with Crippen molar-refractivity contribution < 1.29 is 14.0 Å². The summed E-state index contributed by atoms with van der Waals surface area (Å²) in [4.78, 5) is 26.5. The minimum Gasteiger partial charge on any atom is -0.366 e. The van der Waals surface area contributed by atoms with Gasteiger partial charge in [0.25, 0.3) is 5.91 Å². The van der Waals surface area contributed by atoms with E-state index >= 15 is 0 Å². The van der Waals surface area contributed by atoms with Crippen LogP contribution in [0.4, 0.5) is 10.1 Å². The van der Waals surface area contributed by atoms with Crippen molar-refractivity contribution in [3.05, 3.63) is 87.2 Å². The van der Waals surface area contributed by atoms with Crippen LogP contribution < -0.4 is 10.6 Å². The van der Waals surface area contributed by atoms with Crippen molar-refractivity contribution >= 4 is 40.7 Å². The molecule has 0 saturated carbocycles. The Labute approximate surface area is 223 Å². The molecule has 7 heteroatoms. The highest BCUT2D eigenvalue weighted by atomic mass is 35.5. The van der Waals surface area contributed by atoms with Gasteiger partial charge in [-0.1, -0.05) is 76.9 Å². The second-order valence-electron chi connectivity index (χ2n) is 8.48. The summed E-state index contributed by atoms with van der Waals surface area (Å²) in [5.74, 6) is -1.67. The van der Waals surface area contributed by atoms with Crippen molar-refractivity contribution in [2.45, 2.75) is 53.4 Å². The van der Waals surface area contributed by atoms with E-state index in [0.717, 1.165) is 11.1 Å². The van der Waals surface area contributed by atoms with Crippen molar-refractivity contribution in [1.29, 1.82) is 0 Å². The van der Waals surface area contributed by atoms with Crippen molar-refractivity contribution in [2.75, 3.05) is 11.4 Å². The number of halogens is 3. The fraction of sp³-hybridized carbons (Fsp3) is 0.310. The first-order valence-corrected chi connectivity index (χ1v) is 12.9. The van der Waals surface area contributed by atoms with E-state index < -0.39 is 17.6 Å². The molecule has 0 bridgehead atoms. The van der Waals surface area contributed by atoms with Gasteiger partial charge >= 0.3 is 0 Å². The van der Waals surface area contributed by atoms with E-state index in [1.165, 1.54) is 18.2 Å². The fourth-order valence-electron chi connectivity index (χ4n) is 4.08. The molecular weight excluding hydrogens is 498 g/mol. The van der Waals surface area contributed by atoms with Crippen LogP contribution in [0, 0.1) is 5.82 Å². The number of carbonyl (C=O) groups is 2. The molecule has 2 N–H and O–H groups in total. The Bertz CT molecular complexity index is 1240. The normalized spacial score (nSPS) is 13.4. The van der Waals surface area contributed by atoms with Crippen LogP contribution in [-0.2, 0) is 5.41 Å². The Morgan fingerprint density at radius 1 is 0.944 bits per heavy atom. The maximum Gasteiger partial charge on any atom is 0.262 e. The van der Waals surface area contributed by atoms with E-state index in [-0.39, 0.29) is 16.0 Å². The first kappa shape index (κ1) is 29.3. The molecule has 4 rings (SSSR count). The van der Waals surface area contributed by atoms with Gasteiger partial charge in [-0.05, 0) is 65.4 Å². The van der Waals surface area contributed by atoms with Crippen LogP contribution in [-0.4, -0.2) is 18.4 Å². The zero-order valence-electron chi connectivity index (χ0n) is 21.6. The molecule has 0 atom stereocenters. The molecule has 36 heavy (non-hydrogen) atoms. The highest BCUT2D eigenvalue weighted by Gasteiger charge is 2.35. The van der Waals surface area contributed by atoms with Crippen LogP contribution in [0.15, 0.2) is 54.6 Å². The van der Waals surface area contributed by atoms with Crippen LogP contribution in [0.1, 0.15) is 74.2 Å². The van der Waals surface area contributed by atoms with Gasteiger partial charge in [0.2, 0.25) is 5.91 Å². The summed E-state index contributed by atoms with van der Waals surface area (Å²) in [6.45, 7) is 12.6. The predicted octanol–water partition coefficient (Wildman–Crippen LogP) is 8.28. The Morgan fingerprint density at radius 2 is 1.61 bits per heavy atom. The molecule has 4 nitrogen and oxygen atoms in total. The Morgan fingerprint density at radius 3 is 2.22 bits per heavy atom. The van der Waals surface area contributed by atoms with Gasteiger partial charge in [0, 0.05) is 28.4 Å². The number of nitrogens with two attached hydrogens (primary N) is 1. The molecule has 3 aromatic rings. The number of benzene rings is 3. The lowest BCUT2D eigenvalue weighted by atomic mass is 9.76. The molecule has 0 aliphatic carbocycles. The molecule has 3 aromatic carbocycles. The maximum atomic E-state index is 14.4. The Kier molecular flexibility index (Phi) is 10.1. The fourth-order valence-corrected chi connectivity index (χ4v) is 4.55. The van der Waals surface area contributed by atoms with E-state index in [4.69, 9.17) is 28.9 Å². The van der Waals surface area contributed by atoms with Crippen molar-refractivity contribution in [3.63, 3.8) is 0 Å². The van der Waals surface area contributed by atoms with Gasteiger partial charge < -0.3 is 10.6 Å². The van der Waals surface area contributed by atoms with Crippen LogP contribution in [0.25, 0.3) is 11.1 Å². The van der Waals surface area contributed by atoms with Crippen LogP contribution in [0.5, 0.6) is 0 Å². The number of rotatable bonds is 3.